The summed E-state index contributed by atoms with van der Waals surface area (Å²) in [6.45, 7) is 0. The Labute approximate surface area is 96.3 Å². The molecule has 1 aliphatic carbocycles. The Morgan fingerprint density at radius 2 is 2.00 bits per heavy atom. The molecule has 1 fully saturated rings. The largest absolute Gasteiger partial charge is 0.465 e. The van der Waals surface area contributed by atoms with Gasteiger partial charge in [0.2, 0.25) is 0 Å². The molecule has 3 atom stereocenters. The van der Waals surface area contributed by atoms with Gasteiger partial charge in [-0.3, -0.25) is 10.1 Å². The number of alkyl halides is 1. The van der Waals surface area contributed by atoms with Crippen LogP contribution in [0.4, 0.5) is 4.39 Å². The Morgan fingerprint density at radius 3 is 2.41 bits per heavy atom. The zero-order valence-corrected chi connectivity index (χ0v) is 9.00. The number of hydrogen-bond acceptors (Lipinski definition) is 4. The van der Waals surface area contributed by atoms with Crippen molar-refractivity contribution in [3.05, 3.63) is 45.5 Å². The lowest BCUT2D eigenvalue weighted by atomic mass is 10.1. The monoisotopic (exact) mass is 239 g/mol. The van der Waals surface area contributed by atoms with Gasteiger partial charge in [0.15, 0.2) is 6.17 Å². The van der Waals surface area contributed by atoms with E-state index in [-0.39, 0.29) is 0 Å². The average Bonchev–Trinajstić information content (AvgIpc) is 3.00. The highest BCUT2D eigenvalue weighted by Gasteiger charge is 2.62. The first-order chi connectivity index (χ1) is 8.06. The molecule has 0 bridgehead atoms. The molecule has 1 aromatic rings. The summed E-state index contributed by atoms with van der Waals surface area (Å²) in [6.07, 6.45) is -1.44. The van der Waals surface area contributed by atoms with Crippen molar-refractivity contribution >= 4 is 5.97 Å². The average molecular weight is 239 g/mol. The number of hydrogen-bond donors (Lipinski definition) is 0. The van der Waals surface area contributed by atoms with Crippen molar-refractivity contribution in [2.45, 2.75) is 18.1 Å². The van der Waals surface area contributed by atoms with Crippen LogP contribution in [-0.4, -0.2) is 30.2 Å². The van der Waals surface area contributed by atoms with E-state index in [2.05, 4.69) is 4.74 Å². The molecule has 1 aromatic carbocycles. The summed E-state index contributed by atoms with van der Waals surface area (Å²) >= 11 is 0. The predicted octanol–water partition coefficient (Wildman–Crippen LogP) is 1.55. The molecular weight excluding hydrogens is 229 g/mol. The van der Waals surface area contributed by atoms with Crippen LogP contribution in [0.5, 0.6) is 0 Å². The minimum atomic E-state index is -1.44. The zero-order chi connectivity index (χ0) is 12.6. The van der Waals surface area contributed by atoms with Gasteiger partial charge < -0.3 is 4.74 Å². The fourth-order valence-electron chi connectivity index (χ4n) is 1.85. The second-order valence-electron chi connectivity index (χ2n) is 3.86. The SMILES string of the molecule is COC(=O)c1ccc([C@H]2[C@@H](F)[C@@H]2[N+](=O)[O-])cc1. The minimum Gasteiger partial charge on any atom is -0.465 e. The van der Waals surface area contributed by atoms with Crippen molar-refractivity contribution in [3.63, 3.8) is 0 Å². The Hall–Kier alpha value is -1.98. The molecule has 0 aliphatic heterocycles. The highest BCUT2D eigenvalue weighted by atomic mass is 19.1. The number of carbonyl (C=O) groups excluding carboxylic acids is 1. The number of carbonyl (C=O) groups is 1. The van der Waals surface area contributed by atoms with Crippen LogP contribution in [0.15, 0.2) is 24.3 Å². The van der Waals surface area contributed by atoms with Gasteiger partial charge in [-0.1, -0.05) is 12.1 Å². The molecule has 0 amide bonds. The van der Waals surface area contributed by atoms with E-state index in [1.54, 1.807) is 0 Å². The van der Waals surface area contributed by atoms with E-state index in [4.69, 9.17) is 0 Å². The molecule has 0 unspecified atom stereocenters. The topological polar surface area (TPSA) is 69.4 Å². The summed E-state index contributed by atoms with van der Waals surface area (Å²) in [6, 6.07) is 4.84. The van der Waals surface area contributed by atoms with Gasteiger partial charge in [-0.2, -0.15) is 0 Å². The second kappa shape index (κ2) is 4.12. The van der Waals surface area contributed by atoms with Crippen molar-refractivity contribution in [3.8, 4) is 0 Å². The number of ether oxygens (including phenoxy) is 1. The lowest BCUT2D eigenvalue weighted by molar-refractivity contribution is -0.499. The van der Waals surface area contributed by atoms with Gasteiger partial charge in [-0.05, 0) is 17.7 Å². The summed E-state index contributed by atoms with van der Waals surface area (Å²) in [5.41, 5.74) is 0.872. The van der Waals surface area contributed by atoms with Crippen LogP contribution < -0.4 is 0 Å². The maximum Gasteiger partial charge on any atom is 0.337 e. The van der Waals surface area contributed by atoms with E-state index < -0.39 is 29.0 Å². The van der Waals surface area contributed by atoms with Crippen LogP contribution in [0.2, 0.25) is 0 Å². The lowest BCUT2D eigenvalue weighted by Crippen LogP contribution is -2.05. The first-order valence-electron chi connectivity index (χ1n) is 5.02. The van der Waals surface area contributed by atoms with Crippen LogP contribution in [0, 0.1) is 10.1 Å². The van der Waals surface area contributed by atoms with Crippen LogP contribution in [0.3, 0.4) is 0 Å². The maximum absolute atomic E-state index is 13.2. The summed E-state index contributed by atoms with van der Waals surface area (Å²) in [7, 11) is 1.26. The van der Waals surface area contributed by atoms with E-state index in [0.29, 0.717) is 11.1 Å². The molecule has 6 heteroatoms. The third kappa shape index (κ3) is 1.98. The van der Waals surface area contributed by atoms with Crippen LogP contribution >= 0.6 is 0 Å². The maximum atomic E-state index is 13.2. The van der Waals surface area contributed by atoms with E-state index in [9.17, 15) is 19.3 Å². The van der Waals surface area contributed by atoms with Gasteiger partial charge >= 0.3 is 5.97 Å². The Morgan fingerprint density at radius 1 is 1.41 bits per heavy atom. The van der Waals surface area contributed by atoms with E-state index in [0.717, 1.165) is 0 Å². The molecule has 1 saturated carbocycles. The van der Waals surface area contributed by atoms with Gasteiger partial charge in [0.25, 0.3) is 6.04 Å². The Bertz CT molecular complexity index is 459. The van der Waals surface area contributed by atoms with Crippen molar-refractivity contribution in [1.82, 2.24) is 0 Å². The number of benzene rings is 1. The Balaban J connectivity index is 2.15. The summed E-state index contributed by atoms with van der Waals surface area (Å²) < 4.78 is 17.7. The number of rotatable bonds is 3. The quantitative estimate of drug-likeness (QED) is 0.456. The highest BCUT2D eigenvalue weighted by molar-refractivity contribution is 5.89. The van der Waals surface area contributed by atoms with E-state index in [1.165, 1.54) is 31.4 Å². The predicted molar refractivity (Wildman–Crippen MR) is 56.2 cm³/mol. The second-order valence-corrected chi connectivity index (χ2v) is 3.86. The van der Waals surface area contributed by atoms with Crippen LogP contribution in [0.1, 0.15) is 21.8 Å². The summed E-state index contributed by atoms with van der Waals surface area (Å²) in [5, 5.41) is 10.5. The smallest absolute Gasteiger partial charge is 0.337 e. The normalized spacial score (nSPS) is 26.4. The molecule has 1 aliphatic rings. The third-order valence-corrected chi connectivity index (χ3v) is 2.86. The minimum absolute atomic E-state index is 0.338. The first kappa shape index (κ1) is 11.5. The summed E-state index contributed by atoms with van der Waals surface area (Å²) in [5.74, 6) is -1.19. The molecule has 90 valence electrons. The van der Waals surface area contributed by atoms with Gasteiger partial charge in [0.05, 0.1) is 18.6 Å². The van der Waals surface area contributed by atoms with Crippen molar-refractivity contribution < 1.29 is 18.8 Å². The number of halogens is 1. The van der Waals surface area contributed by atoms with Crippen molar-refractivity contribution in [1.29, 1.82) is 0 Å². The number of nitro groups is 1. The molecular formula is C11H10FNO4. The molecule has 5 nitrogen and oxygen atoms in total. The van der Waals surface area contributed by atoms with Crippen molar-refractivity contribution in [2.24, 2.45) is 0 Å². The molecule has 0 N–H and O–H groups in total. The molecule has 0 radical (unpaired) electrons. The van der Waals surface area contributed by atoms with E-state index >= 15 is 0 Å². The van der Waals surface area contributed by atoms with Gasteiger partial charge in [0, 0.05) is 4.92 Å². The molecule has 0 spiro atoms. The fraction of sp³-hybridized carbons (Fsp3) is 0.364. The molecule has 2 rings (SSSR count). The molecule has 17 heavy (non-hydrogen) atoms. The van der Waals surface area contributed by atoms with Crippen LogP contribution in [-0.2, 0) is 4.74 Å². The van der Waals surface area contributed by atoms with Crippen molar-refractivity contribution in [2.75, 3.05) is 7.11 Å². The number of esters is 1. The molecule has 0 saturated heterocycles. The molecule has 0 aromatic heterocycles. The van der Waals surface area contributed by atoms with Gasteiger partial charge in [0.1, 0.15) is 0 Å². The summed E-state index contributed by atoms with van der Waals surface area (Å²) in [4.78, 5) is 21.0. The molecule has 0 heterocycles. The van der Waals surface area contributed by atoms with E-state index in [1.807, 2.05) is 0 Å². The third-order valence-electron chi connectivity index (χ3n) is 2.86. The first-order valence-corrected chi connectivity index (χ1v) is 5.02. The zero-order valence-electron chi connectivity index (χ0n) is 9.00. The lowest BCUT2D eigenvalue weighted by Gasteiger charge is -2.00. The number of methoxy groups -OCH3 is 1. The highest BCUT2D eigenvalue weighted by Crippen LogP contribution is 2.45. The standard InChI is InChI=1S/C11H10FNO4/c1-17-11(14)7-4-2-6(3-5-7)8-9(12)10(8)13(15)16/h2-5,8-10H,1H3/t8-,9+,10+/m0/s1. The fourth-order valence-corrected chi connectivity index (χ4v) is 1.85. The number of nitrogens with zero attached hydrogens (tertiary/aromatic N) is 1. The van der Waals surface area contributed by atoms with Gasteiger partial charge in [-0.15, -0.1) is 0 Å². The van der Waals surface area contributed by atoms with Gasteiger partial charge in [-0.25, -0.2) is 9.18 Å². The Kier molecular flexibility index (Phi) is 2.79. The van der Waals surface area contributed by atoms with Crippen LogP contribution in [0.25, 0.3) is 0 Å².